The predicted octanol–water partition coefficient (Wildman–Crippen LogP) is 2.39. The van der Waals surface area contributed by atoms with Gasteiger partial charge in [-0.3, -0.25) is 4.79 Å². The summed E-state index contributed by atoms with van der Waals surface area (Å²) in [6.45, 7) is 6.09. The fourth-order valence-corrected chi connectivity index (χ4v) is 1.74. The van der Waals surface area contributed by atoms with Gasteiger partial charge in [0.15, 0.2) is 5.82 Å². The van der Waals surface area contributed by atoms with E-state index in [4.69, 9.17) is 5.84 Å². The van der Waals surface area contributed by atoms with E-state index in [-0.39, 0.29) is 11.4 Å². The Balaban J connectivity index is 3.14. The second-order valence-corrected chi connectivity index (χ2v) is 5.64. The summed E-state index contributed by atoms with van der Waals surface area (Å²) in [6, 6.07) is 1.72. The predicted molar refractivity (Wildman–Crippen MR) is 76.2 cm³/mol. The zero-order valence-corrected chi connectivity index (χ0v) is 12.7. The van der Waals surface area contributed by atoms with E-state index in [9.17, 15) is 4.79 Å². The number of aromatic nitrogens is 1. The quantitative estimate of drug-likeness (QED) is 0.661. The molecular formula is C12H19BrN4O. The lowest BCUT2D eigenvalue weighted by atomic mass is 9.99. The summed E-state index contributed by atoms with van der Waals surface area (Å²) in [5.74, 6) is 5.65. The van der Waals surface area contributed by atoms with Gasteiger partial charge in [0.1, 0.15) is 0 Å². The molecule has 100 valence electrons. The fourth-order valence-electron chi connectivity index (χ4n) is 1.41. The number of hydrogen-bond donors (Lipinski definition) is 2. The molecule has 18 heavy (non-hydrogen) atoms. The van der Waals surface area contributed by atoms with Gasteiger partial charge in [0, 0.05) is 23.3 Å². The van der Waals surface area contributed by atoms with Crippen LogP contribution in [0.2, 0.25) is 0 Å². The van der Waals surface area contributed by atoms with Crippen molar-refractivity contribution >= 4 is 27.7 Å². The van der Waals surface area contributed by atoms with Crippen molar-refractivity contribution in [2.75, 3.05) is 12.5 Å². The van der Waals surface area contributed by atoms with Crippen LogP contribution in [-0.4, -0.2) is 28.4 Å². The molecule has 0 aromatic carbocycles. The van der Waals surface area contributed by atoms with Gasteiger partial charge in [-0.2, -0.15) is 0 Å². The summed E-state index contributed by atoms with van der Waals surface area (Å²) < 4.78 is 0.743. The van der Waals surface area contributed by atoms with Gasteiger partial charge in [-0.1, -0.05) is 6.92 Å². The van der Waals surface area contributed by atoms with E-state index in [1.807, 2.05) is 20.8 Å². The molecule has 0 spiro atoms. The summed E-state index contributed by atoms with van der Waals surface area (Å²) in [4.78, 5) is 18.2. The zero-order chi connectivity index (χ0) is 13.9. The molecule has 1 rings (SSSR count). The molecule has 0 radical (unpaired) electrons. The third-order valence-electron chi connectivity index (χ3n) is 3.30. The van der Waals surface area contributed by atoms with Crippen LogP contribution in [0.1, 0.15) is 37.6 Å². The second-order valence-electron chi connectivity index (χ2n) is 4.72. The van der Waals surface area contributed by atoms with Crippen molar-refractivity contribution in [3.63, 3.8) is 0 Å². The lowest BCUT2D eigenvalue weighted by molar-refractivity contribution is 0.0621. The Morgan fingerprint density at radius 1 is 1.61 bits per heavy atom. The highest BCUT2D eigenvalue weighted by molar-refractivity contribution is 9.10. The van der Waals surface area contributed by atoms with E-state index >= 15 is 0 Å². The molecule has 0 aliphatic rings. The van der Waals surface area contributed by atoms with Crippen molar-refractivity contribution in [1.82, 2.24) is 9.88 Å². The molecule has 0 fully saturated rings. The molecule has 0 aliphatic heterocycles. The number of hydrogen-bond acceptors (Lipinski definition) is 4. The number of nitrogens with zero attached hydrogens (tertiary/aromatic N) is 2. The van der Waals surface area contributed by atoms with Crippen LogP contribution in [0.15, 0.2) is 16.7 Å². The number of nitrogens with two attached hydrogens (primary N) is 1. The molecule has 0 saturated carbocycles. The Morgan fingerprint density at radius 2 is 2.22 bits per heavy atom. The van der Waals surface area contributed by atoms with E-state index < -0.39 is 0 Å². The number of amides is 1. The molecule has 1 heterocycles. The molecule has 0 unspecified atom stereocenters. The highest BCUT2D eigenvalue weighted by Crippen LogP contribution is 2.23. The first kappa shape index (κ1) is 14.9. The second kappa shape index (κ2) is 5.67. The molecular weight excluding hydrogens is 296 g/mol. The van der Waals surface area contributed by atoms with Crippen LogP contribution in [0.5, 0.6) is 0 Å². The Hall–Kier alpha value is -1.14. The fraction of sp³-hybridized carbons (Fsp3) is 0.500. The Morgan fingerprint density at radius 3 is 2.72 bits per heavy atom. The summed E-state index contributed by atoms with van der Waals surface area (Å²) >= 11 is 3.31. The number of pyridine rings is 1. The summed E-state index contributed by atoms with van der Waals surface area (Å²) in [6.07, 6.45) is 2.46. The summed E-state index contributed by atoms with van der Waals surface area (Å²) in [5.41, 5.74) is 2.69. The molecule has 3 N–H and O–H groups in total. The average molecular weight is 315 g/mol. The number of nitrogen functional groups attached to an aromatic ring is 1. The molecule has 5 nitrogen and oxygen atoms in total. The van der Waals surface area contributed by atoms with Crippen LogP contribution in [-0.2, 0) is 0 Å². The van der Waals surface area contributed by atoms with E-state index in [1.54, 1.807) is 24.2 Å². The first-order valence-electron chi connectivity index (χ1n) is 5.73. The smallest absolute Gasteiger partial charge is 0.257 e. The van der Waals surface area contributed by atoms with E-state index in [2.05, 4.69) is 26.3 Å². The van der Waals surface area contributed by atoms with Crippen molar-refractivity contribution in [3.8, 4) is 0 Å². The number of hydrazine groups is 1. The third-order valence-corrected chi connectivity index (χ3v) is 3.73. The topological polar surface area (TPSA) is 71.2 Å². The Bertz CT molecular complexity index is 448. The maximum absolute atomic E-state index is 12.5. The third kappa shape index (κ3) is 3.00. The van der Waals surface area contributed by atoms with Crippen LogP contribution in [0.3, 0.4) is 0 Å². The number of carbonyl (C=O) groups excluding carboxylic acids is 1. The molecule has 0 bridgehead atoms. The number of halogens is 1. The first-order chi connectivity index (χ1) is 8.33. The van der Waals surface area contributed by atoms with E-state index in [0.29, 0.717) is 11.4 Å². The monoisotopic (exact) mass is 314 g/mol. The maximum Gasteiger partial charge on any atom is 0.257 e. The summed E-state index contributed by atoms with van der Waals surface area (Å²) in [7, 11) is 1.78. The average Bonchev–Trinajstić information content (AvgIpc) is 2.36. The lowest BCUT2D eigenvalue weighted by Gasteiger charge is -2.35. The van der Waals surface area contributed by atoms with Crippen molar-refractivity contribution in [3.05, 3.63) is 22.3 Å². The van der Waals surface area contributed by atoms with Crippen molar-refractivity contribution in [2.45, 2.75) is 32.7 Å². The standard InChI is InChI=1S/C12H19BrN4O/c1-5-12(2,3)17(4)11(18)9-6-8(13)7-15-10(9)16-14/h6-7H,5,14H2,1-4H3,(H,15,16). The maximum atomic E-state index is 12.5. The van der Waals surface area contributed by atoms with Gasteiger partial charge in [0.05, 0.1) is 5.56 Å². The van der Waals surface area contributed by atoms with Crippen LogP contribution in [0.25, 0.3) is 0 Å². The Kier molecular flexibility index (Phi) is 4.70. The number of rotatable bonds is 4. The minimum Gasteiger partial charge on any atom is -0.336 e. The molecule has 0 aliphatic carbocycles. The Labute approximate surface area is 116 Å². The van der Waals surface area contributed by atoms with Gasteiger partial charge in [0.25, 0.3) is 5.91 Å². The van der Waals surface area contributed by atoms with Crippen molar-refractivity contribution in [1.29, 1.82) is 0 Å². The number of nitrogens with one attached hydrogen (secondary N) is 1. The molecule has 6 heteroatoms. The molecule has 1 aromatic heterocycles. The summed E-state index contributed by atoms with van der Waals surface area (Å²) in [5, 5.41) is 0. The highest BCUT2D eigenvalue weighted by atomic mass is 79.9. The van der Waals surface area contributed by atoms with Crippen LogP contribution in [0.4, 0.5) is 5.82 Å². The molecule has 1 aromatic rings. The normalized spacial score (nSPS) is 11.2. The zero-order valence-electron chi connectivity index (χ0n) is 11.1. The minimum absolute atomic E-state index is 0.108. The van der Waals surface area contributed by atoms with E-state index in [0.717, 1.165) is 10.9 Å². The SMILES string of the molecule is CCC(C)(C)N(C)C(=O)c1cc(Br)cnc1NN. The van der Waals surface area contributed by atoms with Crippen LogP contribution >= 0.6 is 15.9 Å². The molecule has 0 saturated heterocycles. The van der Waals surface area contributed by atoms with Crippen LogP contribution in [0, 0.1) is 0 Å². The highest BCUT2D eigenvalue weighted by Gasteiger charge is 2.28. The van der Waals surface area contributed by atoms with Gasteiger partial charge < -0.3 is 10.3 Å². The first-order valence-corrected chi connectivity index (χ1v) is 6.53. The van der Waals surface area contributed by atoms with Gasteiger partial charge in [-0.05, 0) is 42.3 Å². The van der Waals surface area contributed by atoms with E-state index in [1.165, 1.54) is 0 Å². The van der Waals surface area contributed by atoms with Gasteiger partial charge in [0.2, 0.25) is 0 Å². The van der Waals surface area contributed by atoms with Gasteiger partial charge >= 0.3 is 0 Å². The van der Waals surface area contributed by atoms with Crippen LogP contribution < -0.4 is 11.3 Å². The number of carbonyl (C=O) groups is 1. The van der Waals surface area contributed by atoms with Gasteiger partial charge in [-0.15, -0.1) is 0 Å². The lowest BCUT2D eigenvalue weighted by Crippen LogP contribution is -2.44. The number of anilines is 1. The van der Waals surface area contributed by atoms with Crippen molar-refractivity contribution < 1.29 is 4.79 Å². The molecule has 1 amide bonds. The minimum atomic E-state index is -0.217. The van der Waals surface area contributed by atoms with Gasteiger partial charge in [-0.25, -0.2) is 10.8 Å². The largest absolute Gasteiger partial charge is 0.336 e. The molecule has 0 atom stereocenters. The van der Waals surface area contributed by atoms with Crippen molar-refractivity contribution in [2.24, 2.45) is 5.84 Å².